The van der Waals surface area contributed by atoms with Gasteiger partial charge < -0.3 is 20.6 Å². The van der Waals surface area contributed by atoms with Crippen molar-refractivity contribution >= 4 is 23.8 Å². The van der Waals surface area contributed by atoms with Crippen molar-refractivity contribution in [3.05, 3.63) is 0 Å². The SMILES string of the molecule is CSCC[C@H](NC(=O)NCCCCN(C)C)C(=O)O. The van der Waals surface area contributed by atoms with Gasteiger partial charge in [-0.2, -0.15) is 11.8 Å². The van der Waals surface area contributed by atoms with Gasteiger partial charge in [-0.05, 0) is 51.9 Å². The molecule has 0 aliphatic carbocycles. The van der Waals surface area contributed by atoms with Crippen molar-refractivity contribution in [2.45, 2.75) is 25.3 Å². The number of urea groups is 1. The molecule has 0 aliphatic rings. The van der Waals surface area contributed by atoms with E-state index in [2.05, 4.69) is 15.5 Å². The third kappa shape index (κ3) is 10.6. The monoisotopic (exact) mass is 291 g/mol. The van der Waals surface area contributed by atoms with Crippen LogP contribution in [0.25, 0.3) is 0 Å². The zero-order chi connectivity index (χ0) is 14.7. The average molecular weight is 291 g/mol. The van der Waals surface area contributed by atoms with Crippen molar-refractivity contribution < 1.29 is 14.7 Å². The minimum atomic E-state index is -0.989. The van der Waals surface area contributed by atoms with Crippen LogP contribution in [0.4, 0.5) is 4.79 Å². The van der Waals surface area contributed by atoms with Crippen molar-refractivity contribution in [2.75, 3.05) is 39.2 Å². The lowest BCUT2D eigenvalue weighted by molar-refractivity contribution is -0.139. The molecule has 0 unspecified atom stereocenters. The predicted octanol–water partition coefficient (Wildman–Crippen LogP) is 0.834. The molecule has 0 aromatic heterocycles. The zero-order valence-corrected chi connectivity index (χ0v) is 12.8. The summed E-state index contributed by atoms with van der Waals surface area (Å²) in [6.07, 6.45) is 4.23. The Morgan fingerprint density at radius 3 is 2.53 bits per heavy atom. The maximum absolute atomic E-state index is 11.5. The highest BCUT2D eigenvalue weighted by Crippen LogP contribution is 2.00. The van der Waals surface area contributed by atoms with Crippen LogP contribution in [-0.2, 0) is 4.79 Å². The normalized spacial score (nSPS) is 12.2. The van der Waals surface area contributed by atoms with E-state index in [1.165, 1.54) is 0 Å². The Hall–Kier alpha value is -0.950. The molecule has 0 fully saturated rings. The van der Waals surface area contributed by atoms with Crippen LogP contribution in [0.5, 0.6) is 0 Å². The standard InChI is InChI=1S/C12H25N3O3S/c1-15(2)8-5-4-7-13-12(18)14-10(11(16)17)6-9-19-3/h10H,4-9H2,1-3H3,(H,16,17)(H2,13,14,18)/t10-/m0/s1. The third-order valence-electron chi connectivity index (χ3n) is 2.53. The molecule has 0 aliphatic heterocycles. The van der Waals surface area contributed by atoms with Gasteiger partial charge in [0.25, 0.3) is 0 Å². The summed E-state index contributed by atoms with van der Waals surface area (Å²) >= 11 is 1.56. The fourth-order valence-corrected chi connectivity index (χ4v) is 1.93. The molecule has 19 heavy (non-hydrogen) atoms. The lowest BCUT2D eigenvalue weighted by Gasteiger charge is -2.15. The summed E-state index contributed by atoms with van der Waals surface area (Å²) in [5.41, 5.74) is 0. The smallest absolute Gasteiger partial charge is 0.326 e. The second-order valence-electron chi connectivity index (χ2n) is 4.58. The molecule has 0 heterocycles. The summed E-state index contributed by atoms with van der Waals surface area (Å²) in [7, 11) is 4.01. The Bertz CT molecular complexity index is 275. The van der Waals surface area contributed by atoms with Gasteiger partial charge in [-0.15, -0.1) is 0 Å². The summed E-state index contributed by atoms with van der Waals surface area (Å²) in [4.78, 5) is 24.5. The number of carboxylic acid groups (broad SMARTS) is 1. The molecule has 0 radical (unpaired) electrons. The molecule has 112 valence electrons. The van der Waals surface area contributed by atoms with Gasteiger partial charge in [0.15, 0.2) is 0 Å². The Kier molecular flexibility index (Phi) is 10.4. The number of unbranched alkanes of at least 4 members (excludes halogenated alkanes) is 1. The summed E-state index contributed by atoms with van der Waals surface area (Å²) in [5, 5.41) is 14.1. The summed E-state index contributed by atoms with van der Waals surface area (Å²) < 4.78 is 0. The summed E-state index contributed by atoms with van der Waals surface area (Å²) in [5.74, 6) is -0.281. The van der Waals surface area contributed by atoms with Crippen LogP contribution in [0.1, 0.15) is 19.3 Å². The highest BCUT2D eigenvalue weighted by Gasteiger charge is 2.18. The fraction of sp³-hybridized carbons (Fsp3) is 0.833. The van der Waals surface area contributed by atoms with Gasteiger partial charge in [0.05, 0.1) is 0 Å². The number of hydrogen-bond donors (Lipinski definition) is 3. The van der Waals surface area contributed by atoms with E-state index in [0.29, 0.717) is 18.7 Å². The highest BCUT2D eigenvalue weighted by molar-refractivity contribution is 7.98. The Morgan fingerprint density at radius 1 is 1.32 bits per heavy atom. The largest absolute Gasteiger partial charge is 0.480 e. The molecule has 0 bridgehead atoms. The lowest BCUT2D eigenvalue weighted by Crippen LogP contribution is -2.46. The number of hydrogen-bond acceptors (Lipinski definition) is 4. The molecule has 0 aromatic carbocycles. The molecule has 2 amide bonds. The lowest BCUT2D eigenvalue weighted by atomic mass is 10.2. The molecule has 0 saturated carbocycles. The van der Waals surface area contributed by atoms with Gasteiger partial charge >= 0.3 is 12.0 Å². The van der Waals surface area contributed by atoms with E-state index in [1.54, 1.807) is 11.8 Å². The van der Waals surface area contributed by atoms with Gasteiger partial charge in [-0.25, -0.2) is 9.59 Å². The number of thioether (sulfide) groups is 1. The number of carboxylic acids is 1. The van der Waals surface area contributed by atoms with Gasteiger partial charge in [-0.1, -0.05) is 0 Å². The van der Waals surface area contributed by atoms with Crippen LogP contribution in [0.3, 0.4) is 0 Å². The Morgan fingerprint density at radius 2 is 2.00 bits per heavy atom. The molecular weight excluding hydrogens is 266 g/mol. The second kappa shape index (κ2) is 10.9. The quantitative estimate of drug-likeness (QED) is 0.520. The number of nitrogens with zero attached hydrogens (tertiary/aromatic N) is 1. The fourth-order valence-electron chi connectivity index (χ4n) is 1.46. The van der Waals surface area contributed by atoms with E-state index in [1.807, 2.05) is 20.4 Å². The summed E-state index contributed by atoms with van der Waals surface area (Å²) in [6, 6.07) is -1.22. The number of carbonyl (C=O) groups excluding carboxylic acids is 1. The van der Waals surface area contributed by atoms with Gasteiger partial charge in [0.1, 0.15) is 6.04 Å². The van der Waals surface area contributed by atoms with Crippen LogP contribution < -0.4 is 10.6 Å². The Balaban J connectivity index is 3.77. The predicted molar refractivity (Wildman–Crippen MR) is 78.7 cm³/mol. The molecule has 6 nitrogen and oxygen atoms in total. The summed E-state index contributed by atoms with van der Waals surface area (Å²) in [6.45, 7) is 1.54. The van der Waals surface area contributed by atoms with Crippen molar-refractivity contribution in [3.63, 3.8) is 0 Å². The maximum Gasteiger partial charge on any atom is 0.326 e. The molecule has 1 atom stereocenters. The van der Waals surface area contributed by atoms with Gasteiger partial charge in [0.2, 0.25) is 0 Å². The Labute approximate surface area is 119 Å². The van der Waals surface area contributed by atoms with E-state index in [0.717, 1.165) is 19.4 Å². The van der Waals surface area contributed by atoms with E-state index in [4.69, 9.17) is 5.11 Å². The number of nitrogens with one attached hydrogen (secondary N) is 2. The molecule has 0 spiro atoms. The van der Waals surface area contributed by atoms with E-state index in [9.17, 15) is 9.59 Å². The first-order chi connectivity index (χ1) is 8.97. The van der Waals surface area contributed by atoms with Crippen LogP contribution in [0.15, 0.2) is 0 Å². The number of carbonyl (C=O) groups is 2. The van der Waals surface area contributed by atoms with Crippen molar-refractivity contribution in [1.82, 2.24) is 15.5 Å². The minimum Gasteiger partial charge on any atom is -0.480 e. The number of amides is 2. The van der Waals surface area contributed by atoms with Crippen LogP contribution >= 0.6 is 11.8 Å². The molecule has 0 aromatic rings. The van der Waals surface area contributed by atoms with Crippen LogP contribution in [-0.4, -0.2) is 67.2 Å². The van der Waals surface area contributed by atoms with E-state index < -0.39 is 18.0 Å². The third-order valence-corrected chi connectivity index (χ3v) is 3.18. The zero-order valence-electron chi connectivity index (χ0n) is 11.9. The first kappa shape index (κ1) is 18.0. The first-order valence-corrected chi connectivity index (χ1v) is 7.77. The molecule has 0 rings (SSSR count). The molecule has 0 saturated heterocycles. The molecule has 3 N–H and O–H groups in total. The minimum absolute atomic E-state index is 0.404. The van der Waals surface area contributed by atoms with Gasteiger partial charge in [0, 0.05) is 6.54 Å². The maximum atomic E-state index is 11.5. The first-order valence-electron chi connectivity index (χ1n) is 6.38. The second-order valence-corrected chi connectivity index (χ2v) is 5.57. The number of aliphatic carboxylic acids is 1. The van der Waals surface area contributed by atoms with Crippen LogP contribution in [0.2, 0.25) is 0 Å². The highest BCUT2D eigenvalue weighted by atomic mass is 32.2. The number of rotatable bonds is 10. The van der Waals surface area contributed by atoms with Crippen molar-refractivity contribution in [2.24, 2.45) is 0 Å². The van der Waals surface area contributed by atoms with Crippen molar-refractivity contribution in [1.29, 1.82) is 0 Å². The van der Waals surface area contributed by atoms with E-state index in [-0.39, 0.29) is 0 Å². The molecule has 7 heteroatoms. The molecular formula is C12H25N3O3S. The van der Waals surface area contributed by atoms with E-state index >= 15 is 0 Å². The topological polar surface area (TPSA) is 81.7 Å². The average Bonchev–Trinajstić information content (AvgIpc) is 2.33. The van der Waals surface area contributed by atoms with Gasteiger partial charge in [-0.3, -0.25) is 0 Å². The van der Waals surface area contributed by atoms with Crippen molar-refractivity contribution in [3.8, 4) is 0 Å². The van der Waals surface area contributed by atoms with Crippen LogP contribution in [0, 0.1) is 0 Å².